The van der Waals surface area contributed by atoms with Crippen molar-refractivity contribution in [2.75, 3.05) is 26.4 Å². The van der Waals surface area contributed by atoms with Gasteiger partial charge in [-0.25, -0.2) is 4.79 Å². The number of carbonyl (C=O) groups is 2. The van der Waals surface area contributed by atoms with Gasteiger partial charge in [-0.05, 0) is 56.7 Å². The van der Waals surface area contributed by atoms with E-state index in [-0.39, 0.29) is 11.9 Å². The molecule has 0 aliphatic heterocycles. The van der Waals surface area contributed by atoms with Crippen LogP contribution < -0.4 is 9.54 Å². The molecule has 0 radical (unpaired) electrons. The summed E-state index contributed by atoms with van der Waals surface area (Å²) in [4.78, 5) is 30.2. The molecule has 0 spiro atoms. The molecule has 0 saturated heterocycles. The molecule has 0 fully saturated rings. The Morgan fingerprint density at radius 3 is 2.59 bits per heavy atom. The SMILES string of the molecule is CCCCCOc1cccc(C(=O)N=c2sc3cc(C(=O)OCC)ccc3n2CCOCC)c1. The zero-order valence-corrected chi connectivity index (χ0v) is 20.9. The van der Waals surface area contributed by atoms with Gasteiger partial charge in [0.15, 0.2) is 4.80 Å². The molecule has 1 aromatic heterocycles. The van der Waals surface area contributed by atoms with Gasteiger partial charge in [-0.15, -0.1) is 0 Å². The number of amides is 1. The van der Waals surface area contributed by atoms with Crippen molar-refractivity contribution in [1.29, 1.82) is 0 Å². The fourth-order valence-electron chi connectivity index (χ4n) is 3.43. The van der Waals surface area contributed by atoms with E-state index in [0.29, 0.717) is 54.7 Å². The summed E-state index contributed by atoms with van der Waals surface area (Å²) in [6.45, 7) is 8.43. The van der Waals surface area contributed by atoms with Gasteiger partial charge >= 0.3 is 5.97 Å². The summed E-state index contributed by atoms with van der Waals surface area (Å²) in [6.07, 6.45) is 3.22. The molecule has 0 bridgehead atoms. The molecule has 0 unspecified atom stereocenters. The Bertz CT molecular complexity index is 1180. The highest BCUT2D eigenvalue weighted by Crippen LogP contribution is 2.21. The van der Waals surface area contributed by atoms with Gasteiger partial charge in [-0.1, -0.05) is 37.2 Å². The van der Waals surface area contributed by atoms with Crippen molar-refractivity contribution in [1.82, 2.24) is 4.57 Å². The summed E-state index contributed by atoms with van der Waals surface area (Å²) in [5.41, 5.74) is 1.82. The van der Waals surface area contributed by atoms with E-state index in [0.717, 1.165) is 29.5 Å². The second-order valence-electron chi connectivity index (χ2n) is 7.64. The molecule has 0 aliphatic rings. The fraction of sp³-hybridized carbons (Fsp3) is 0.423. The monoisotopic (exact) mass is 484 g/mol. The van der Waals surface area contributed by atoms with Gasteiger partial charge in [0, 0.05) is 18.7 Å². The third-order valence-corrected chi connectivity index (χ3v) is 6.19. The number of aromatic nitrogens is 1. The number of ether oxygens (including phenoxy) is 3. The van der Waals surface area contributed by atoms with Gasteiger partial charge in [0.1, 0.15) is 5.75 Å². The molecule has 0 N–H and O–H groups in total. The lowest BCUT2D eigenvalue weighted by atomic mass is 10.2. The van der Waals surface area contributed by atoms with Crippen molar-refractivity contribution in [3.63, 3.8) is 0 Å². The number of rotatable bonds is 12. The molecule has 34 heavy (non-hydrogen) atoms. The van der Waals surface area contributed by atoms with Gasteiger partial charge in [0.2, 0.25) is 0 Å². The zero-order chi connectivity index (χ0) is 24.3. The average Bonchev–Trinajstić information content (AvgIpc) is 3.18. The molecule has 1 heterocycles. The van der Waals surface area contributed by atoms with Crippen LogP contribution in [-0.4, -0.2) is 42.9 Å². The highest BCUT2D eigenvalue weighted by Gasteiger charge is 2.13. The number of nitrogens with zero attached hydrogens (tertiary/aromatic N) is 2. The van der Waals surface area contributed by atoms with Gasteiger partial charge < -0.3 is 18.8 Å². The number of esters is 1. The van der Waals surface area contributed by atoms with Crippen molar-refractivity contribution in [3.05, 3.63) is 58.4 Å². The van der Waals surface area contributed by atoms with Crippen LogP contribution >= 0.6 is 11.3 Å². The second kappa shape index (κ2) is 13.1. The molecule has 2 aromatic carbocycles. The number of carbonyl (C=O) groups excluding carboxylic acids is 2. The van der Waals surface area contributed by atoms with E-state index < -0.39 is 0 Å². The first-order valence-electron chi connectivity index (χ1n) is 11.8. The first-order chi connectivity index (χ1) is 16.6. The minimum atomic E-state index is -0.371. The Morgan fingerprint density at radius 1 is 0.971 bits per heavy atom. The summed E-state index contributed by atoms with van der Waals surface area (Å²) in [6, 6.07) is 12.5. The van der Waals surface area contributed by atoms with Crippen molar-refractivity contribution < 1.29 is 23.8 Å². The van der Waals surface area contributed by atoms with Crippen molar-refractivity contribution in [3.8, 4) is 5.75 Å². The molecule has 182 valence electrons. The maximum Gasteiger partial charge on any atom is 0.338 e. The Kier molecular flexibility index (Phi) is 9.85. The van der Waals surface area contributed by atoms with E-state index in [1.165, 1.54) is 11.3 Å². The van der Waals surface area contributed by atoms with Crippen LogP contribution in [0.15, 0.2) is 47.5 Å². The van der Waals surface area contributed by atoms with E-state index in [1.807, 2.05) is 23.6 Å². The highest BCUT2D eigenvalue weighted by atomic mass is 32.1. The van der Waals surface area contributed by atoms with Crippen LogP contribution in [0.25, 0.3) is 10.2 Å². The quantitative estimate of drug-likeness (QED) is 0.260. The van der Waals surface area contributed by atoms with Crippen LogP contribution in [0.5, 0.6) is 5.75 Å². The van der Waals surface area contributed by atoms with Crippen molar-refractivity contribution in [2.45, 2.75) is 46.6 Å². The molecule has 8 heteroatoms. The molecular weight excluding hydrogens is 452 g/mol. The molecule has 0 aliphatic carbocycles. The summed E-state index contributed by atoms with van der Waals surface area (Å²) in [5.74, 6) is -0.0536. The topological polar surface area (TPSA) is 79.1 Å². The van der Waals surface area contributed by atoms with Gasteiger partial charge in [0.05, 0.1) is 35.6 Å². The first kappa shape index (κ1) is 25.6. The minimum absolute atomic E-state index is 0.312. The Hall–Kier alpha value is -2.97. The lowest BCUT2D eigenvalue weighted by Gasteiger charge is -2.07. The molecule has 0 atom stereocenters. The maximum absolute atomic E-state index is 13.0. The Labute approximate surface area is 204 Å². The van der Waals surface area contributed by atoms with Crippen molar-refractivity contribution in [2.24, 2.45) is 4.99 Å². The standard InChI is InChI=1S/C26H32N2O5S/c1-4-7-8-15-33-21-11-9-10-19(17-21)24(29)27-26-28(14-16-31-5-2)22-13-12-20(18-23(22)34-26)25(30)32-6-3/h9-13,17-18H,4-8,14-16H2,1-3H3. The molecule has 7 nitrogen and oxygen atoms in total. The van der Waals surface area contributed by atoms with Gasteiger partial charge in [0.25, 0.3) is 5.91 Å². The van der Waals surface area contributed by atoms with Crippen LogP contribution in [0.4, 0.5) is 0 Å². The number of hydrogen-bond acceptors (Lipinski definition) is 6. The predicted molar refractivity (Wildman–Crippen MR) is 134 cm³/mol. The van der Waals surface area contributed by atoms with Crippen molar-refractivity contribution >= 4 is 33.4 Å². The number of fused-ring (bicyclic) bond motifs is 1. The number of hydrogen-bond donors (Lipinski definition) is 0. The van der Waals surface area contributed by atoms with Crippen LogP contribution in [0.2, 0.25) is 0 Å². The van der Waals surface area contributed by atoms with Gasteiger partial charge in [-0.2, -0.15) is 4.99 Å². The Balaban J connectivity index is 1.92. The van der Waals surface area contributed by atoms with E-state index in [2.05, 4.69) is 11.9 Å². The summed E-state index contributed by atoms with van der Waals surface area (Å²) in [5, 5.41) is 0. The lowest BCUT2D eigenvalue weighted by Crippen LogP contribution is -2.19. The number of benzene rings is 2. The number of unbranched alkanes of at least 4 members (excludes halogenated alkanes) is 2. The largest absolute Gasteiger partial charge is 0.494 e. The fourth-order valence-corrected chi connectivity index (χ4v) is 4.52. The average molecular weight is 485 g/mol. The van der Waals surface area contributed by atoms with Crippen LogP contribution in [0.3, 0.4) is 0 Å². The summed E-state index contributed by atoms with van der Waals surface area (Å²) >= 11 is 1.36. The van der Waals surface area contributed by atoms with Crippen LogP contribution in [0.1, 0.15) is 60.7 Å². The molecule has 3 aromatic rings. The molecular formula is C26H32N2O5S. The summed E-state index contributed by atoms with van der Waals surface area (Å²) in [7, 11) is 0. The smallest absolute Gasteiger partial charge is 0.338 e. The molecule has 1 amide bonds. The normalized spacial score (nSPS) is 11.7. The third-order valence-electron chi connectivity index (χ3n) is 5.15. The van der Waals surface area contributed by atoms with E-state index in [4.69, 9.17) is 14.2 Å². The van der Waals surface area contributed by atoms with E-state index in [9.17, 15) is 9.59 Å². The van der Waals surface area contributed by atoms with Gasteiger partial charge in [-0.3, -0.25) is 4.79 Å². The zero-order valence-electron chi connectivity index (χ0n) is 20.0. The maximum atomic E-state index is 13.0. The summed E-state index contributed by atoms with van der Waals surface area (Å²) < 4.78 is 19.2. The third kappa shape index (κ3) is 6.77. The molecule has 3 rings (SSSR count). The van der Waals surface area contributed by atoms with E-state index >= 15 is 0 Å². The number of thiazole rings is 1. The second-order valence-corrected chi connectivity index (χ2v) is 8.65. The van der Waals surface area contributed by atoms with E-state index in [1.54, 1.807) is 37.3 Å². The highest BCUT2D eigenvalue weighted by molar-refractivity contribution is 7.16. The van der Waals surface area contributed by atoms with Crippen LogP contribution in [0, 0.1) is 0 Å². The lowest BCUT2D eigenvalue weighted by molar-refractivity contribution is 0.0526. The van der Waals surface area contributed by atoms with Crippen LogP contribution in [-0.2, 0) is 16.0 Å². The minimum Gasteiger partial charge on any atom is -0.494 e. The predicted octanol–water partition coefficient (Wildman–Crippen LogP) is 5.23. The molecule has 0 saturated carbocycles. The first-order valence-corrected chi connectivity index (χ1v) is 12.6. The Morgan fingerprint density at radius 2 is 1.82 bits per heavy atom.